The van der Waals surface area contributed by atoms with Gasteiger partial charge in [0.15, 0.2) is 11.7 Å². The van der Waals surface area contributed by atoms with Crippen molar-refractivity contribution in [3.8, 4) is 5.75 Å². The molecule has 0 radical (unpaired) electrons. The monoisotopic (exact) mass is 344 g/mol. The number of benzene rings is 1. The molecule has 0 saturated heterocycles. The van der Waals surface area contributed by atoms with E-state index in [1.54, 1.807) is 14.2 Å². The lowest BCUT2D eigenvalue weighted by atomic mass is 10.1. The molecule has 0 amide bonds. The Bertz CT molecular complexity index is 707. The van der Waals surface area contributed by atoms with Crippen LogP contribution in [0.1, 0.15) is 42.3 Å². The molecule has 0 aliphatic rings. The summed E-state index contributed by atoms with van der Waals surface area (Å²) in [6.45, 7) is 7.56. The van der Waals surface area contributed by atoms with E-state index in [1.165, 1.54) is 5.56 Å². The summed E-state index contributed by atoms with van der Waals surface area (Å²) in [5.74, 6) is 2.82. The first-order valence-corrected chi connectivity index (χ1v) is 8.57. The van der Waals surface area contributed by atoms with Crippen LogP contribution < -0.4 is 15.4 Å². The van der Waals surface area contributed by atoms with Crippen LogP contribution in [0.15, 0.2) is 33.8 Å². The minimum atomic E-state index is 0.362. The molecule has 0 bridgehead atoms. The number of nitrogens with one attached hydrogen (secondary N) is 2. The van der Waals surface area contributed by atoms with Crippen molar-refractivity contribution in [3.05, 3.63) is 46.8 Å². The van der Waals surface area contributed by atoms with Crippen LogP contribution in [0.5, 0.6) is 5.75 Å². The minimum absolute atomic E-state index is 0.362. The van der Waals surface area contributed by atoms with Gasteiger partial charge in [-0.05, 0) is 36.5 Å². The molecule has 0 spiro atoms. The van der Waals surface area contributed by atoms with Crippen molar-refractivity contribution in [1.82, 2.24) is 15.8 Å². The summed E-state index contributed by atoms with van der Waals surface area (Å²) in [7, 11) is 3.45. The summed E-state index contributed by atoms with van der Waals surface area (Å²) >= 11 is 0. The Morgan fingerprint density at radius 3 is 2.72 bits per heavy atom. The minimum Gasteiger partial charge on any atom is -0.496 e. The first-order chi connectivity index (χ1) is 12.0. The quantitative estimate of drug-likeness (QED) is 0.597. The van der Waals surface area contributed by atoms with Gasteiger partial charge < -0.3 is 19.9 Å². The third-order valence-electron chi connectivity index (χ3n) is 4.00. The molecule has 1 aromatic heterocycles. The van der Waals surface area contributed by atoms with Gasteiger partial charge in [-0.2, -0.15) is 0 Å². The zero-order chi connectivity index (χ0) is 18.2. The SMILES string of the molecule is CN=C(NCCc1ccc(C)c(OC)c1)NCc1cc(C(C)C)no1. The molecule has 0 aliphatic carbocycles. The van der Waals surface area contributed by atoms with Crippen LogP contribution in [0.25, 0.3) is 0 Å². The van der Waals surface area contributed by atoms with Crippen LogP contribution >= 0.6 is 0 Å². The van der Waals surface area contributed by atoms with Gasteiger partial charge >= 0.3 is 0 Å². The number of methoxy groups -OCH3 is 1. The molecule has 6 nitrogen and oxygen atoms in total. The fourth-order valence-electron chi connectivity index (χ4n) is 2.42. The van der Waals surface area contributed by atoms with E-state index in [4.69, 9.17) is 9.26 Å². The zero-order valence-corrected chi connectivity index (χ0v) is 15.7. The van der Waals surface area contributed by atoms with Gasteiger partial charge in [-0.25, -0.2) is 0 Å². The molecule has 2 aromatic rings. The Morgan fingerprint density at radius 2 is 2.08 bits per heavy atom. The maximum Gasteiger partial charge on any atom is 0.191 e. The molecular weight excluding hydrogens is 316 g/mol. The second-order valence-corrected chi connectivity index (χ2v) is 6.28. The van der Waals surface area contributed by atoms with E-state index < -0.39 is 0 Å². The average molecular weight is 344 g/mol. The number of nitrogens with zero attached hydrogens (tertiary/aromatic N) is 2. The van der Waals surface area contributed by atoms with Crippen molar-refractivity contribution in [2.45, 2.75) is 39.7 Å². The topological polar surface area (TPSA) is 71.7 Å². The van der Waals surface area contributed by atoms with Crippen molar-refractivity contribution in [2.24, 2.45) is 4.99 Å². The molecule has 1 heterocycles. The highest BCUT2D eigenvalue weighted by Gasteiger charge is 2.08. The van der Waals surface area contributed by atoms with Gasteiger partial charge in [0.25, 0.3) is 0 Å². The number of hydrogen-bond donors (Lipinski definition) is 2. The lowest BCUT2D eigenvalue weighted by Gasteiger charge is -2.11. The molecule has 136 valence electrons. The molecule has 0 aliphatic heterocycles. The lowest BCUT2D eigenvalue weighted by Crippen LogP contribution is -2.37. The molecule has 2 N–H and O–H groups in total. The van der Waals surface area contributed by atoms with Crippen molar-refractivity contribution < 1.29 is 9.26 Å². The Balaban J connectivity index is 1.80. The molecule has 0 atom stereocenters. The summed E-state index contributed by atoms with van der Waals surface area (Å²) in [6, 6.07) is 8.26. The van der Waals surface area contributed by atoms with Gasteiger partial charge in [0.1, 0.15) is 5.75 Å². The molecular formula is C19H28N4O2. The van der Waals surface area contributed by atoms with Crippen molar-refractivity contribution in [3.63, 3.8) is 0 Å². The maximum absolute atomic E-state index is 5.37. The summed E-state index contributed by atoms with van der Waals surface area (Å²) in [4.78, 5) is 4.23. The molecule has 2 rings (SSSR count). The predicted molar refractivity (Wildman–Crippen MR) is 100 cm³/mol. The van der Waals surface area contributed by atoms with E-state index in [2.05, 4.69) is 52.8 Å². The van der Waals surface area contributed by atoms with Crippen molar-refractivity contribution in [2.75, 3.05) is 20.7 Å². The molecule has 0 fully saturated rings. The summed E-state index contributed by atoms with van der Waals surface area (Å²) in [5.41, 5.74) is 3.33. The summed E-state index contributed by atoms with van der Waals surface area (Å²) < 4.78 is 10.7. The van der Waals surface area contributed by atoms with Crippen LogP contribution in [0.2, 0.25) is 0 Å². The summed E-state index contributed by atoms with van der Waals surface area (Å²) in [6.07, 6.45) is 0.886. The molecule has 25 heavy (non-hydrogen) atoms. The van der Waals surface area contributed by atoms with E-state index in [1.807, 2.05) is 13.0 Å². The van der Waals surface area contributed by atoms with E-state index in [9.17, 15) is 0 Å². The first kappa shape index (κ1) is 18.8. The number of aliphatic imine (C=N–C) groups is 1. The fourth-order valence-corrected chi connectivity index (χ4v) is 2.42. The number of guanidine groups is 1. The van der Waals surface area contributed by atoms with Crippen LogP contribution in [-0.2, 0) is 13.0 Å². The largest absolute Gasteiger partial charge is 0.496 e. The second kappa shape index (κ2) is 9.11. The summed E-state index contributed by atoms with van der Waals surface area (Å²) in [5, 5.41) is 10.6. The van der Waals surface area contributed by atoms with Gasteiger partial charge in [-0.15, -0.1) is 0 Å². The predicted octanol–water partition coefficient (Wildman–Crippen LogP) is 3.02. The van der Waals surface area contributed by atoms with Crippen LogP contribution in [-0.4, -0.2) is 31.8 Å². The van der Waals surface area contributed by atoms with Crippen LogP contribution in [0.3, 0.4) is 0 Å². The van der Waals surface area contributed by atoms with E-state index in [0.717, 1.165) is 41.7 Å². The number of aryl methyl sites for hydroxylation is 1. The highest BCUT2D eigenvalue weighted by molar-refractivity contribution is 5.79. The van der Waals surface area contributed by atoms with E-state index >= 15 is 0 Å². The third kappa shape index (κ3) is 5.52. The Kier molecular flexibility index (Phi) is 6.86. The van der Waals surface area contributed by atoms with Crippen molar-refractivity contribution in [1.29, 1.82) is 0 Å². The fraction of sp³-hybridized carbons (Fsp3) is 0.474. The van der Waals surface area contributed by atoms with Gasteiger partial charge in [-0.1, -0.05) is 31.1 Å². The first-order valence-electron chi connectivity index (χ1n) is 8.57. The standard InChI is InChI=1S/C19H28N4O2/c1-13(2)17-11-16(25-23-17)12-22-19(20-4)21-9-8-15-7-6-14(3)18(10-15)24-5/h6-7,10-11,13H,8-9,12H2,1-5H3,(H2,20,21,22). The lowest BCUT2D eigenvalue weighted by molar-refractivity contribution is 0.372. The van der Waals surface area contributed by atoms with Crippen molar-refractivity contribution >= 4 is 5.96 Å². The number of aromatic nitrogens is 1. The Labute approximate surface area is 149 Å². The molecule has 0 unspecified atom stereocenters. The van der Waals surface area contributed by atoms with Gasteiger partial charge in [-0.3, -0.25) is 4.99 Å². The molecule has 6 heteroatoms. The number of rotatable bonds is 7. The van der Waals surface area contributed by atoms with Crippen LogP contribution in [0.4, 0.5) is 0 Å². The smallest absolute Gasteiger partial charge is 0.191 e. The third-order valence-corrected chi connectivity index (χ3v) is 4.00. The van der Waals surface area contributed by atoms with Gasteiger partial charge in [0, 0.05) is 19.7 Å². The second-order valence-electron chi connectivity index (χ2n) is 6.28. The number of ether oxygens (including phenoxy) is 1. The molecule has 1 aromatic carbocycles. The normalized spacial score (nSPS) is 11.7. The van der Waals surface area contributed by atoms with E-state index in [0.29, 0.717) is 12.5 Å². The Hall–Kier alpha value is -2.50. The van der Waals surface area contributed by atoms with Gasteiger partial charge in [0.05, 0.1) is 19.3 Å². The van der Waals surface area contributed by atoms with E-state index in [-0.39, 0.29) is 0 Å². The van der Waals surface area contributed by atoms with Crippen LogP contribution in [0, 0.1) is 6.92 Å². The van der Waals surface area contributed by atoms with Gasteiger partial charge in [0.2, 0.25) is 0 Å². The maximum atomic E-state index is 5.37. The molecule has 0 saturated carbocycles. The number of hydrogen-bond acceptors (Lipinski definition) is 4. The highest BCUT2D eigenvalue weighted by Crippen LogP contribution is 2.19. The average Bonchev–Trinajstić information content (AvgIpc) is 3.08. The zero-order valence-electron chi connectivity index (χ0n) is 15.7. The Morgan fingerprint density at radius 1 is 1.28 bits per heavy atom. The highest BCUT2D eigenvalue weighted by atomic mass is 16.5.